The lowest BCUT2D eigenvalue weighted by molar-refractivity contribution is -0.123. The van der Waals surface area contributed by atoms with Gasteiger partial charge in [-0.1, -0.05) is 6.92 Å². The summed E-state index contributed by atoms with van der Waals surface area (Å²) in [6.07, 6.45) is 1.15. The van der Waals surface area contributed by atoms with Crippen LogP contribution in [0, 0.1) is 5.92 Å². The maximum Gasteiger partial charge on any atom is 0.268 e. The summed E-state index contributed by atoms with van der Waals surface area (Å²) in [5.74, 6) is -0.858. The number of nitrogens with two attached hydrogens (primary N) is 1. The zero-order valence-electron chi connectivity index (χ0n) is 19.4. The number of carbonyl (C=O) groups excluding carboxylic acids is 4. The molecule has 2 aliphatic heterocycles. The molecule has 0 radical (unpaired) electrons. The van der Waals surface area contributed by atoms with E-state index in [1.54, 1.807) is 35.2 Å². The van der Waals surface area contributed by atoms with Crippen molar-refractivity contribution in [3.63, 3.8) is 0 Å². The van der Waals surface area contributed by atoms with Crippen LogP contribution in [0.5, 0.6) is 0 Å². The van der Waals surface area contributed by atoms with Crippen LogP contribution in [0.15, 0.2) is 42.5 Å². The molecule has 3 heterocycles. The number of hydrogen-bond donors (Lipinski definition) is 4. The van der Waals surface area contributed by atoms with E-state index in [2.05, 4.69) is 15.6 Å². The van der Waals surface area contributed by atoms with Gasteiger partial charge in [0.05, 0.1) is 0 Å². The molecule has 2 aliphatic rings. The summed E-state index contributed by atoms with van der Waals surface area (Å²) < 4.78 is 0. The van der Waals surface area contributed by atoms with Gasteiger partial charge in [-0.25, -0.2) is 0 Å². The largest absolute Gasteiger partial charge is 0.369 e. The van der Waals surface area contributed by atoms with Crippen LogP contribution in [0.25, 0.3) is 10.9 Å². The maximum absolute atomic E-state index is 12.9. The molecule has 9 nitrogen and oxygen atoms in total. The third-order valence-electron chi connectivity index (χ3n) is 6.96. The molecule has 0 aliphatic carbocycles. The average Bonchev–Trinajstić information content (AvgIpc) is 3.26. The van der Waals surface area contributed by atoms with E-state index >= 15 is 0 Å². The Balaban J connectivity index is 1.28. The molecule has 1 aromatic heterocycles. The third kappa shape index (κ3) is 4.25. The highest BCUT2D eigenvalue weighted by Gasteiger charge is 2.28. The lowest BCUT2D eigenvalue weighted by Gasteiger charge is -2.30. The Hall–Kier alpha value is -4.14. The van der Waals surface area contributed by atoms with E-state index in [4.69, 9.17) is 5.73 Å². The molecule has 0 spiro atoms. The van der Waals surface area contributed by atoms with Gasteiger partial charge in [0.25, 0.3) is 17.7 Å². The number of H-pyrrole nitrogens is 1. The van der Waals surface area contributed by atoms with E-state index in [0.29, 0.717) is 55.0 Å². The molecule has 1 saturated heterocycles. The molecule has 5 N–H and O–H groups in total. The Morgan fingerprint density at radius 3 is 2.40 bits per heavy atom. The van der Waals surface area contributed by atoms with Crippen molar-refractivity contribution in [3.8, 4) is 0 Å². The molecule has 4 amide bonds. The molecule has 0 bridgehead atoms. The van der Waals surface area contributed by atoms with Crippen molar-refractivity contribution in [3.05, 3.63) is 64.8 Å². The fraction of sp³-hybridized carbons (Fsp3) is 0.308. The molecular weight excluding hydrogens is 446 g/mol. The van der Waals surface area contributed by atoms with Crippen LogP contribution in [0.3, 0.4) is 0 Å². The van der Waals surface area contributed by atoms with Crippen molar-refractivity contribution in [2.75, 3.05) is 25.0 Å². The van der Waals surface area contributed by atoms with Crippen LogP contribution in [0.4, 0.5) is 5.69 Å². The van der Waals surface area contributed by atoms with Gasteiger partial charge in [-0.2, -0.15) is 0 Å². The predicted molar refractivity (Wildman–Crippen MR) is 131 cm³/mol. The maximum atomic E-state index is 12.9. The second-order valence-electron chi connectivity index (χ2n) is 9.29. The van der Waals surface area contributed by atoms with Gasteiger partial charge < -0.3 is 26.3 Å². The number of benzene rings is 2. The molecule has 2 aromatic carbocycles. The molecule has 1 fully saturated rings. The number of anilines is 1. The summed E-state index contributed by atoms with van der Waals surface area (Å²) in [5.41, 5.74) is 9.24. The average molecular weight is 474 g/mol. The minimum Gasteiger partial charge on any atom is -0.369 e. The van der Waals surface area contributed by atoms with Gasteiger partial charge in [-0.3, -0.25) is 19.2 Å². The van der Waals surface area contributed by atoms with Crippen molar-refractivity contribution in [1.29, 1.82) is 0 Å². The van der Waals surface area contributed by atoms with Crippen LogP contribution in [0.2, 0.25) is 0 Å². The highest BCUT2D eigenvalue weighted by atomic mass is 16.2. The van der Waals surface area contributed by atoms with Crippen molar-refractivity contribution >= 4 is 40.2 Å². The number of likely N-dealkylation sites (tertiary alicyclic amines) is 1. The van der Waals surface area contributed by atoms with Crippen molar-refractivity contribution < 1.29 is 19.2 Å². The van der Waals surface area contributed by atoms with Crippen molar-refractivity contribution in [1.82, 2.24) is 15.2 Å². The zero-order chi connectivity index (χ0) is 24.7. The number of fused-ring (bicyclic) bond motifs is 3. The number of aromatic amines is 1. The predicted octanol–water partition coefficient (Wildman–Crippen LogP) is 2.60. The van der Waals surface area contributed by atoms with Crippen molar-refractivity contribution in [2.45, 2.75) is 25.7 Å². The summed E-state index contributed by atoms with van der Waals surface area (Å²) in [7, 11) is 0. The topological polar surface area (TPSA) is 137 Å². The van der Waals surface area contributed by atoms with Gasteiger partial charge in [0.1, 0.15) is 5.69 Å². The minimum atomic E-state index is -0.312. The first-order valence-corrected chi connectivity index (χ1v) is 11.8. The quantitative estimate of drug-likeness (QED) is 0.463. The first-order valence-electron chi connectivity index (χ1n) is 11.8. The van der Waals surface area contributed by atoms with E-state index < -0.39 is 0 Å². The summed E-state index contributed by atoms with van der Waals surface area (Å²) in [4.78, 5) is 54.2. The van der Waals surface area contributed by atoms with Gasteiger partial charge in [0.15, 0.2) is 0 Å². The van der Waals surface area contributed by atoms with Gasteiger partial charge in [0, 0.05) is 59.2 Å². The Morgan fingerprint density at radius 1 is 1.03 bits per heavy atom. The normalized spacial score (nSPS) is 18.1. The second kappa shape index (κ2) is 8.90. The third-order valence-corrected chi connectivity index (χ3v) is 6.96. The summed E-state index contributed by atoms with van der Waals surface area (Å²) >= 11 is 0. The lowest BCUT2D eigenvalue weighted by atomic mass is 9.93. The molecule has 5 rings (SSSR count). The van der Waals surface area contributed by atoms with Gasteiger partial charge >= 0.3 is 0 Å². The summed E-state index contributed by atoms with van der Waals surface area (Å²) in [5, 5.41) is 6.61. The van der Waals surface area contributed by atoms with Crippen LogP contribution < -0.4 is 16.4 Å². The highest BCUT2D eigenvalue weighted by molar-refractivity contribution is 6.08. The highest BCUT2D eigenvalue weighted by Crippen LogP contribution is 2.32. The van der Waals surface area contributed by atoms with Crippen LogP contribution >= 0.6 is 0 Å². The van der Waals surface area contributed by atoms with Crippen LogP contribution in [-0.4, -0.2) is 53.1 Å². The van der Waals surface area contributed by atoms with E-state index in [1.165, 1.54) is 0 Å². The number of rotatable bonds is 4. The smallest absolute Gasteiger partial charge is 0.268 e. The molecule has 9 heteroatoms. The number of amides is 4. The number of aromatic nitrogens is 1. The fourth-order valence-electron chi connectivity index (χ4n) is 4.93. The SMILES string of the molecule is CC1CNC(=O)c2[nH]c3ccc(C(=O)Nc4ccc(C(=O)N5CCC(C(N)=O)CC5)cc4)cc3c21. The van der Waals surface area contributed by atoms with Gasteiger partial charge in [0.2, 0.25) is 5.91 Å². The van der Waals surface area contributed by atoms with Crippen LogP contribution in [0.1, 0.15) is 62.5 Å². The zero-order valence-corrected chi connectivity index (χ0v) is 19.4. The lowest BCUT2D eigenvalue weighted by Crippen LogP contribution is -2.41. The minimum absolute atomic E-state index is 0.105. The van der Waals surface area contributed by atoms with E-state index in [0.717, 1.165) is 16.5 Å². The Kier molecular flexibility index (Phi) is 5.76. The number of hydrogen-bond acceptors (Lipinski definition) is 4. The Morgan fingerprint density at radius 2 is 1.71 bits per heavy atom. The first-order chi connectivity index (χ1) is 16.8. The van der Waals surface area contributed by atoms with Crippen molar-refractivity contribution in [2.24, 2.45) is 11.7 Å². The Labute approximate surface area is 202 Å². The number of piperidine rings is 1. The van der Waals surface area contributed by atoms with E-state index in [1.807, 2.05) is 19.1 Å². The number of nitrogens with one attached hydrogen (secondary N) is 3. The molecular formula is C26H27N5O4. The molecule has 0 saturated carbocycles. The number of primary amides is 1. The molecule has 3 aromatic rings. The monoisotopic (exact) mass is 473 g/mol. The summed E-state index contributed by atoms with van der Waals surface area (Å²) in [6, 6.07) is 12.1. The summed E-state index contributed by atoms with van der Waals surface area (Å²) in [6.45, 7) is 3.59. The fourth-order valence-corrected chi connectivity index (χ4v) is 4.93. The van der Waals surface area contributed by atoms with Crippen LogP contribution in [-0.2, 0) is 4.79 Å². The number of carbonyl (C=O) groups is 4. The molecule has 180 valence electrons. The second-order valence-corrected chi connectivity index (χ2v) is 9.29. The van der Waals surface area contributed by atoms with E-state index in [9.17, 15) is 19.2 Å². The van der Waals surface area contributed by atoms with Gasteiger partial charge in [-0.05, 0) is 60.9 Å². The Bertz CT molecular complexity index is 1340. The first kappa shape index (κ1) is 22.6. The van der Waals surface area contributed by atoms with Gasteiger partial charge in [-0.15, -0.1) is 0 Å². The number of nitrogens with zero attached hydrogens (tertiary/aromatic N) is 1. The van der Waals surface area contributed by atoms with E-state index in [-0.39, 0.29) is 35.5 Å². The molecule has 35 heavy (non-hydrogen) atoms. The molecule has 1 atom stereocenters. The standard InChI is InChI=1S/C26H27N5O4/c1-14-13-28-25(34)22-21(14)19-12-17(4-7-20(19)30-22)24(33)29-18-5-2-16(3-6-18)26(35)31-10-8-15(9-11-31)23(27)32/h2-7,12,14-15,30H,8-11,13H2,1H3,(H2,27,32)(H,28,34)(H,29,33). The molecule has 1 unspecified atom stereocenters.